The fourth-order valence-electron chi connectivity index (χ4n) is 3.94. The van der Waals surface area contributed by atoms with Crippen molar-refractivity contribution < 1.29 is 20.2 Å². The Labute approximate surface area is 163 Å². The molecular weight excluding hydrogens is 362 g/mol. The first-order chi connectivity index (χ1) is 13.6. The Balaban J connectivity index is 1.72. The van der Waals surface area contributed by atoms with Crippen LogP contribution in [-0.4, -0.2) is 66.8 Å². The highest BCUT2D eigenvalue weighted by molar-refractivity contribution is 6.10. The molecule has 1 aliphatic heterocycles. The highest BCUT2D eigenvalue weighted by atomic mass is 16.7. The molecule has 2 aromatic heterocycles. The van der Waals surface area contributed by atoms with Gasteiger partial charge in [-0.25, -0.2) is 9.67 Å². The molecule has 0 spiro atoms. The van der Waals surface area contributed by atoms with E-state index in [0.29, 0.717) is 18.7 Å². The van der Waals surface area contributed by atoms with Crippen LogP contribution >= 0.6 is 0 Å². The largest absolute Gasteiger partial charge is 0.393 e. The van der Waals surface area contributed by atoms with Crippen molar-refractivity contribution in [2.24, 2.45) is 5.16 Å². The van der Waals surface area contributed by atoms with Gasteiger partial charge in [0.25, 0.3) is 0 Å². The van der Waals surface area contributed by atoms with Crippen LogP contribution in [0.2, 0.25) is 0 Å². The van der Waals surface area contributed by atoms with Crippen LogP contribution in [0.25, 0.3) is 11.0 Å². The summed E-state index contributed by atoms with van der Waals surface area (Å²) >= 11 is 0. The van der Waals surface area contributed by atoms with Crippen molar-refractivity contribution in [3.8, 4) is 0 Å². The van der Waals surface area contributed by atoms with Gasteiger partial charge in [-0.3, -0.25) is 0 Å². The lowest BCUT2D eigenvalue weighted by atomic mass is 9.91. The van der Waals surface area contributed by atoms with Crippen molar-refractivity contribution in [2.75, 3.05) is 18.5 Å². The van der Waals surface area contributed by atoms with Gasteiger partial charge in [0.05, 0.1) is 42.3 Å². The summed E-state index contributed by atoms with van der Waals surface area (Å²) < 4.78 is 1.84. The molecule has 2 aromatic rings. The number of hydrogen-bond acceptors (Lipinski definition) is 8. The van der Waals surface area contributed by atoms with E-state index in [-0.39, 0.29) is 25.4 Å². The smallest absolute Gasteiger partial charge is 0.188 e. The number of pyridine rings is 1. The quantitative estimate of drug-likeness (QED) is 0.581. The zero-order valence-electron chi connectivity index (χ0n) is 16.0. The third kappa shape index (κ3) is 3.34. The summed E-state index contributed by atoms with van der Waals surface area (Å²) in [5.41, 5.74) is 2.02. The van der Waals surface area contributed by atoms with Gasteiger partial charge in [-0.1, -0.05) is 5.16 Å². The van der Waals surface area contributed by atoms with Crippen LogP contribution in [0.5, 0.6) is 0 Å². The fourth-order valence-corrected chi connectivity index (χ4v) is 3.94. The number of fused-ring (bicyclic) bond motifs is 1. The van der Waals surface area contributed by atoms with Crippen molar-refractivity contribution >= 4 is 22.4 Å². The molecule has 2 aliphatic rings. The summed E-state index contributed by atoms with van der Waals surface area (Å²) in [6.07, 6.45) is 6.95. The molecule has 1 aliphatic carbocycles. The van der Waals surface area contributed by atoms with E-state index < -0.39 is 5.60 Å². The summed E-state index contributed by atoms with van der Waals surface area (Å²) in [4.78, 5) is 9.96. The molecule has 0 unspecified atom stereocenters. The summed E-state index contributed by atoms with van der Waals surface area (Å²) in [6.45, 7) is 2.10. The first kappa shape index (κ1) is 19.1. The molecule has 3 heterocycles. The molecule has 0 saturated heterocycles. The number of aliphatic hydroxyl groups is 3. The number of aryl methyl sites for hydroxylation is 1. The van der Waals surface area contributed by atoms with Crippen LogP contribution in [0, 0.1) is 0 Å². The summed E-state index contributed by atoms with van der Waals surface area (Å²) in [6, 6.07) is 0.237. The maximum Gasteiger partial charge on any atom is 0.188 e. The Kier molecular flexibility index (Phi) is 5.22. The van der Waals surface area contributed by atoms with Crippen LogP contribution in [0.3, 0.4) is 0 Å². The van der Waals surface area contributed by atoms with Crippen LogP contribution in [-0.2, 0) is 11.4 Å². The molecule has 0 bridgehead atoms. The molecule has 152 valence electrons. The molecule has 28 heavy (non-hydrogen) atoms. The minimum atomic E-state index is -1.09. The van der Waals surface area contributed by atoms with E-state index in [0.717, 1.165) is 48.0 Å². The Bertz CT molecular complexity index is 869. The minimum absolute atomic E-state index is 0.222. The molecular formula is C19H27N5O4. The summed E-state index contributed by atoms with van der Waals surface area (Å²) in [7, 11) is 0. The van der Waals surface area contributed by atoms with Gasteiger partial charge in [-0.05, 0) is 32.6 Å². The number of nitrogens with zero attached hydrogens (tertiary/aromatic N) is 4. The monoisotopic (exact) mass is 389 g/mol. The van der Waals surface area contributed by atoms with Crippen LogP contribution < -0.4 is 5.32 Å². The van der Waals surface area contributed by atoms with E-state index in [4.69, 9.17) is 4.84 Å². The zero-order chi connectivity index (χ0) is 19.7. The molecule has 0 amide bonds. The average molecular weight is 389 g/mol. The van der Waals surface area contributed by atoms with Gasteiger partial charge in [-0.2, -0.15) is 5.10 Å². The topological polar surface area (TPSA) is 125 Å². The number of nitrogens with one attached hydrogen (secondary N) is 1. The van der Waals surface area contributed by atoms with Crippen molar-refractivity contribution in [3.05, 3.63) is 18.0 Å². The van der Waals surface area contributed by atoms with Crippen molar-refractivity contribution in [3.63, 3.8) is 0 Å². The lowest BCUT2D eigenvalue weighted by Gasteiger charge is -2.28. The Hall–Kier alpha value is -2.23. The van der Waals surface area contributed by atoms with E-state index in [2.05, 4.69) is 20.6 Å². The number of hydrogen-bond donors (Lipinski definition) is 4. The minimum Gasteiger partial charge on any atom is -0.393 e. The SMILES string of the molecule is CCn1ncc2c(NC3CCC(O)CC3)c(C3=NOC(CO)(CO)C3)cnc21. The number of aromatic nitrogens is 3. The second-order valence-electron chi connectivity index (χ2n) is 7.70. The number of rotatable bonds is 6. The van der Waals surface area contributed by atoms with Crippen LogP contribution in [0.4, 0.5) is 5.69 Å². The van der Waals surface area contributed by atoms with E-state index in [1.807, 2.05) is 11.6 Å². The lowest BCUT2D eigenvalue weighted by Crippen LogP contribution is -2.38. The second kappa shape index (κ2) is 7.65. The van der Waals surface area contributed by atoms with Gasteiger partial charge in [0.2, 0.25) is 0 Å². The second-order valence-corrected chi connectivity index (χ2v) is 7.70. The van der Waals surface area contributed by atoms with Gasteiger partial charge in [0.15, 0.2) is 11.2 Å². The van der Waals surface area contributed by atoms with Crippen molar-refractivity contribution in [2.45, 2.75) is 63.3 Å². The zero-order valence-corrected chi connectivity index (χ0v) is 16.0. The molecule has 9 heteroatoms. The molecule has 0 aromatic carbocycles. The van der Waals surface area contributed by atoms with E-state index in [1.165, 1.54) is 0 Å². The molecule has 0 atom stereocenters. The Morgan fingerprint density at radius 1 is 1.21 bits per heavy atom. The Morgan fingerprint density at radius 3 is 2.61 bits per heavy atom. The van der Waals surface area contributed by atoms with Crippen LogP contribution in [0.1, 0.15) is 44.6 Å². The van der Waals surface area contributed by atoms with Crippen molar-refractivity contribution in [1.82, 2.24) is 14.8 Å². The first-order valence-corrected chi connectivity index (χ1v) is 9.85. The fraction of sp³-hybridized carbons (Fsp3) is 0.632. The summed E-state index contributed by atoms with van der Waals surface area (Å²) in [5, 5.41) is 42.1. The van der Waals surface area contributed by atoms with Gasteiger partial charge < -0.3 is 25.5 Å². The molecule has 0 radical (unpaired) electrons. The lowest BCUT2D eigenvalue weighted by molar-refractivity contribution is -0.0878. The molecule has 4 N–H and O–H groups in total. The van der Waals surface area contributed by atoms with Gasteiger partial charge in [-0.15, -0.1) is 0 Å². The third-order valence-electron chi connectivity index (χ3n) is 5.74. The van der Waals surface area contributed by atoms with E-state index >= 15 is 0 Å². The standard InChI is InChI=1S/C19H27N5O4/c1-2-24-18-15(9-21-24)17(22-12-3-5-13(27)6-4-12)14(8-20-18)16-7-19(10-25,11-26)28-23-16/h8-9,12-13,25-27H,2-7,10-11H2,1H3,(H,20,22). The third-order valence-corrected chi connectivity index (χ3v) is 5.74. The van der Waals surface area contributed by atoms with Crippen molar-refractivity contribution in [1.29, 1.82) is 0 Å². The summed E-state index contributed by atoms with van der Waals surface area (Å²) in [5.74, 6) is 0. The highest BCUT2D eigenvalue weighted by Gasteiger charge is 2.39. The Morgan fingerprint density at radius 2 is 1.96 bits per heavy atom. The molecule has 9 nitrogen and oxygen atoms in total. The molecule has 1 fully saturated rings. The van der Waals surface area contributed by atoms with Gasteiger partial charge in [0.1, 0.15) is 0 Å². The van der Waals surface area contributed by atoms with E-state index in [1.54, 1.807) is 12.4 Å². The first-order valence-electron chi connectivity index (χ1n) is 9.85. The average Bonchev–Trinajstić information content (AvgIpc) is 3.34. The molecule has 1 saturated carbocycles. The maximum absolute atomic E-state index is 9.81. The molecule has 4 rings (SSSR count). The normalized spacial score (nSPS) is 24.2. The highest BCUT2D eigenvalue weighted by Crippen LogP contribution is 2.34. The predicted octanol–water partition coefficient (Wildman–Crippen LogP) is 1.01. The number of oxime groups is 1. The predicted molar refractivity (Wildman–Crippen MR) is 104 cm³/mol. The number of aliphatic hydroxyl groups excluding tert-OH is 3. The van der Waals surface area contributed by atoms with Gasteiger partial charge >= 0.3 is 0 Å². The van der Waals surface area contributed by atoms with E-state index in [9.17, 15) is 15.3 Å². The maximum atomic E-state index is 9.81. The van der Waals surface area contributed by atoms with Gasteiger partial charge in [0, 0.05) is 30.8 Å². The van der Waals surface area contributed by atoms with Crippen LogP contribution in [0.15, 0.2) is 17.5 Å². The number of anilines is 1.